The third-order valence-electron chi connectivity index (χ3n) is 4.71. The number of nitrogens with zero attached hydrogens (tertiary/aromatic N) is 2. The largest absolute Gasteiger partial charge is 0.368 e. The number of amides is 2. The van der Waals surface area contributed by atoms with Crippen molar-refractivity contribution in [3.8, 4) is 0 Å². The monoisotopic (exact) mass is 383 g/mol. The first kappa shape index (κ1) is 17.9. The number of rotatable bonds is 4. The number of hydrogen-bond acceptors (Lipinski definition) is 5. The fraction of sp³-hybridized carbons (Fsp3) is 0.350. The Morgan fingerprint density at radius 3 is 2.93 bits per heavy atom. The maximum absolute atomic E-state index is 12.5. The molecule has 0 bridgehead atoms. The molecule has 1 saturated heterocycles. The highest BCUT2D eigenvalue weighted by Crippen LogP contribution is 2.29. The number of anilines is 1. The standard InChI is InChI=1S/C20H21N3O3S/c24-18(9-8-14-5-2-1-3-6-14)23-11-10-15-17(13-23)27-20(21-15)22-19(25)16-7-4-12-26-16/h1-3,5-6,8-9,16H,4,7,10-13H2,(H,21,22,25)/b9-8+. The number of aromatic nitrogens is 1. The summed E-state index contributed by atoms with van der Waals surface area (Å²) in [5.41, 5.74) is 1.97. The van der Waals surface area contributed by atoms with Gasteiger partial charge in [-0.15, -0.1) is 0 Å². The molecule has 140 valence electrons. The summed E-state index contributed by atoms with van der Waals surface area (Å²) in [6.45, 7) is 1.80. The number of ether oxygens (including phenoxy) is 1. The molecular formula is C20H21N3O3S. The van der Waals surface area contributed by atoms with E-state index in [1.54, 1.807) is 6.08 Å². The van der Waals surface area contributed by atoms with Crippen LogP contribution in [-0.4, -0.2) is 41.0 Å². The Labute approximate surface area is 161 Å². The van der Waals surface area contributed by atoms with Crippen LogP contribution in [0.4, 0.5) is 5.13 Å². The minimum atomic E-state index is -0.368. The van der Waals surface area contributed by atoms with Gasteiger partial charge in [-0.05, 0) is 24.5 Å². The van der Waals surface area contributed by atoms with E-state index < -0.39 is 0 Å². The van der Waals surface area contributed by atoms with Gasteiger partial charge in [0.05, 0.1) is 12.2 Å². The smallest absolute Gasteiger partial charge is 0.255 e. The van der Waals surface area contributed by atoms with Crippen LogP contribution in [-0.2, 0) is 27.3 Å². The van der Waals surface area contributed by atoms with Crippen molar-refractivity contribution in [3.05, 3.63) is 52.5 Å². The third-order valence-corrected chi connectivity index (χ3v) is 5.71. The van der Waals surface area contributed by atoms with Crippen LogP contribution in [0.3, 0.4) is 0 Å². The molecule has 1 N–H and O–H groups in total. The van der Waals surface area contributed by atoms with Gasteiger partial charge in [-0.3, -0.25) is 14.9 Å². The molecule has 0 spiro atoms. The predicted molar refractivity (Wildman–Crippen MR) is 104 cm³/mol. The van der Waals surface area contributed by atoms with Crippen molar-refractivity contribution in [1.82, 2.24) is 9.88 Å². The number of hydrogen-bond donors (Lipinski definition) is 1. The molecule has 2 aliphatic heterocycles. The number of thiazole rings is 1. The van der Waals surface area contributed by atoms with Crippen molar-refractivity contribution in [1.29, 1.82) is 0 Å². The Hall–Kier alpha value is -2.51. The van der Waals surface area contributed by atoms with Crippen LogP contribution in [0, 0.1) is 0 Å². The van der Waals surface area contributed by atoms with Crippen molar-refractivity contribution >= 4 is 34.4 Å². The highest BCUT2D eigenvalue weighted by Gasteiger charge is 2.27. The van der Waals surface area contributed by atoms with Gasteiger partial charge in [-0.1, -0.05) is 41.7 Å². The summed E-state index contributed by atoms with van der Waals surface area (Å²) in [6.07, 6.45) is 5.45. The molecule has 2 amide bonds. The van der Waals surface area contributed by atoms with E-state index in [1.807, 2.05) is 41.3 Å². The van der Waals surface area contributed by atoms with Gasteiger partial charge in [0.2, 0.25) is 5.91 Å². The zero-order valence-electron chi connectivity index (χ0n) is 14.9. The average Bonchev–Trinajstić information content (AvgIpc) is 3.35. The zero-order valence-corrected chi connectivity index (χ0v) is 15.7. The maximum atomic E-state index is 12.5. The van der Waals surface area contributed by atoms with E-state index in [9.17, 15) is 9.59 Å². The molecule has 0 aliphatic carbocycles. The second kappa shape index (κ2) is 8.02. The average molecular weight is 383 g/mol. The molecule has 1 aromatic carbocycles. The number of carbonyl (C=O) groups is 2. The molecule has 1 atom stereocenters. The summed E-state index contributed by atoms with van der Waals surface area (Å²) in [7, 11) is 0. The van der Waals surface area contributed by atoms with Gasteiger partial charge in [-0.25, -0.2) is 4.98 Å². The number of fused-ring (bicyclic) bond motifs is 1. The van der Waals surface area contributed by atoms with Crippen molar-refractivity contribution in [2.75, 3.05) is 18.5 Å². The summed E-state index contributed by atoms with van der Waals surface area (Å²) in [5.74, 6) is -0.139. The van der Waals surface area contributed by atoms with E-state index in [4.69, 9.17) is 4.74 Å². The van der Waals surface area contributed by atoms with Crippen molar-refractivity contribution < 1.29 is 14.3 Å². The Balaban J connectivity index is 1.38. The zero-order chi connectivity index (χ0) is 18.6. The van der Waals surface area contributed by atoms with Crippen LogP contribution in [0.1, 0.15) is 29.0 Å². The minimum absolute atomic E-state index is 0.0113. The van der Waals surface area contributed by atoms with Crippen LogP contribution in [0.25, 0.3) is 6.08 Å². The highest BCUT2D eigenvalue weighted by molar-refractivity contribution is 7.15. The fourth-order valence-corrected chi connectivity index (χ4v) is 4.27. The van der Waals surface area contributed by atoms with Gasteiger partial charge in [0.25, 0.3) is 5.91 Å². The van der Waals surface area contributed by atoms with Crippen LogP contribution < -0.4 is 5.32 Å². The molecule has 0 radical (unpaired) electrons. The number of benzene rings is 1. The van der Waals surface area contributed by atoms with E-state index in [0.29, 0.717) is 31.2 Å². The minimum Gasteiger partial charge on any atom is -0.368 e. The van der Waals surface area contributed by atoms with Gasteiger partial charge in [0, 0.05) is 30.5 Å². The molecule has 0 saturated carbocycles. The molecule has 1 unspecified atom stereocenters. The molecule has 1 fully saturated rings. The molecule has 27 heavy (non-hydrogen) atoms. The predicted octanol–water partition coefficient (Wildman–Crippen LogP) is 2.86. The molecule has 3 heterocycles. The van der Waals surface area contributed by atoms with Crippen molar-refractivity contribution in [3.63, 3.8) is 0 Å². The van der Waals surface area contributed by atoms with Gasteiger partial charge < -0.3 is 9.64 Å². The van der Waals surface area contributed by atoms with E-state index in [-0.39, 0.29) is 17.9 Å². The topological polar surface area (TPSA) is 71.5 Å². The van der Waals surface area contributed by atoms with Crippen molar-refractivity contribution in [2.24, 2.45) is 0 Å². The Morgan fingerprint density at radius 1 is 1.30 bits per heavy atom. The summed E-state index contributed by atoms with van der Waals surface area (Å²) in [4.78, 5) is 32.0. The van der Waals surface area contributed by atoms with E-state index >= 15 is 0 Å². The van der Waals surface area contributed by atoms with Crippen molar-refractivity contribution in [2.45, 2.75) is 31.9 Å². The summed E-state index contributed by atoms with van der Waals surface area (Å²) in [5, 5.41) is 3.45. The summed E-state index contributed by atoms with van der Waals surface area (Å²) < 4.78 is 5.41. The fourth-order valence-electron chi connectivity index (χ4n) is 3.24. The molecule has 2 aromatic rings. The summed E-state index contributed by atoms with van der Waals surface area (Å²) in [6, 6.07) is 9.76. The number of carbonyl (C=O) groups excluding carboxylic acids is 2. The SMILES string of the molecule is O=C(Nc1nc2c(s1)CN(C(=O)/C=C/c1ccccc1)CC2)C1CCCO1. The normalized spacial score (nSPS) is 19.3. The van der Waals surface area contributed by atoms with Crippen LogP contribution in [0.2, 0.25) is 0 Å². The van der Waals surface area contributed by atoms with Gasteiger partial charge in [-0.2, -0.15) is 0 Å². The lowest BCUT2D eigenvalue weighted by molar-refractivity contribution is -0.127. The second-order valence-electron chi connectivity index (χ2n) is 6.63. The summed E-state index contributed by atoms with van der Waals surface area (Å²) >= 11 is 1.44. The quantitative estimate of drug-likeness (QED) is 0.824. The Kier molecular flexibility index (Phi) is 5.31. The van der Waals surface area contributed by atoms with Crippen LogP contribution in [0.15, 0.2) is 36.4 Å². The Bertz CT molecular complexity index is 857. The first-order chi connectivity index (χ1) is 13.2. The molecular weight excluding hydrogens is 362 g/mol. The highest BCUT2D eigenvalue weighted by atomic mass is 32.1. The molecule has 4 rings (SSSR count). The van der Waals surface area contributed by atoms with Crippen LogP contribution >= 0.6 is 11.3 Å². The molecule has 6 nitrogen and oxygen atoms in total. The lowest BCUT2D eigenvalue weighted by Gasteiger charge is -2.24. The Morgan fingerprint density at radius 2 is 2.15 bits per heavy atom. The van der Waals surface area contributed by atoms with Gasteiger partial charge >= 0.3 is 0 Å². The van der Waals surface area contributed by atoms with E-state index in [1.165, 1.54) is 11.3 Å². The van der Waals surface area contributed by atoms with Gasteiger partial charge in [0.15, 0.2) is 5.13 Å². The first-order valence-corrected chi connectivity index (χ1v) is 9.94. The molecule has 7 heteroatoms. The second-order valence-corrected chi connectivity index (χ2v) is 7.72. The lowest BCUT2D eigenvalue weighted by atomic mass is 10.1. The van der Waals surface area contributed by atoms with E-state index in [2.05, 4.69) is 10.3 Å². The molecule has 2 aliphatic rings. The molecule has 1 aromatic heterocycles. The number of nitrogens with one attached hydrogen (secondary N) is 1. The van der Waals surface area contributed by atoms with Gasteiger partial charge in [0.1, 0.15) is 6.10 Å². The lowest BCUT2D eigenvalue weighted by Crippen LogP contribution is -2.34. The maximum Gasteiger partial charge on any atom is 0.255 e. The van der Waals surface area contributed by atoms with Crippen LogP contribution in [0.5, 0.6) is 0 Å². The first-order valence-electron chi connectivity index (χ1n) is 9.12. The third kappa shape index (κ3) is 4.26. The van der Waals surface area contributed by atoms with E-state index in [0.717, 1.165) is 29.0 Å².